The van der Waals surface area contributed by atoms with Gasteiger partial charge in [0.15, 0.2) is 5.69 Å². The van der Waals surface area contributed by atoms with Crippen LogP contribution in [0.15, 0.2) is 52.6 Å². The highest BCUT2D eigenvalue weighted by molar-refractivity contribution is 7.16. The van der Waals surface area contributed by atoms with Crippen LogP contribution in [0.4, 0.5) is 5.00 Å². The number of thiophene rings is 1. The van der Waals surface area contributed by atoms with Crippen molar-refractivity contribution >= 4 is 62.2 Å². The minimum absolute atomic E-state index is 0.0227. The number of nitrogens with zero attached hydrogens (tertiary/aromatic N) is 2. The van der Waals surface area contributed by atoms with Crippen molar-refractivity contribution in [3.63, 3.8) is 0 Å². The van der Waals surface area contributed by atoms with Gasteiger partial charge in [0.1, 0.15) is 5.00 Å². The van der Waals surface area contributed by atoms with Crippen LogP contribution in [-0.2, 0) is 4.74 Å². The summed E-state index contributed by atoms with van der Waals surface area (Å²) in [7, 11) is 0. The molecule has 10 heteroatoms. The Kier molecular flexibility index (Phi) is 6.51. The Morgan fingerprint density at radius 2 is 1.97 bits per heavy atom. The highest BCUT2D eigenvalue weighted by Gasteiger charge is 2.24. The van der Waals surface area contributed by atoms with E-state index < -0.39 is 17.4 Å². The van der Waals surface area contributed by atoms with E-state index in [1.54, 1.807) is 36.6 Å². The van der Waals surface area contributed by atoms with Crippen molar-refractivity contribution in [1.29, 1.82) is 0 Å². The van der Waals surface area contributed by atoms with Gasteiger partial charge in [-0.1, -0.05) is 35.3 Å². The zero-order valence-electron chi connectivity index (χ0n) is 17.5. The van der Waals surface area contributed by atoms with Gasteiger partial charge in [-0.3, -0.25) is 9.59 Å². The van der Waals surface area contributed by atoms with Gasteiger partial charge in [0.25, 0.3) is 11.5 Å². The van der Waals surface area contributed by atoms with Crippen LogP contribution < -0.4 is 10.9 Å². The molecule has 4 aromatic rings. The molecular weight excluding hydrogens is 485 g/mol. The number of fused-ring (bicyclic) bond motifs is 1. The monoisotopic (exact) mass is 501 g/mol. The molecule has 1 amide bonds. The second kappa shape index (κ2) is 9.35. The van der Waals surface area contributed by atoms with Gasteiger partial charge in [-0.05, 0) is 49.7 Å². The largest absolute Gasteiger partial charge is 0.461 e. The maximum absolute atomic E-state index is 13.5. The minimum atomic E-state index is -0.669. The van der Waals surface area contributed by atoms with Crippen molar-refractivity contribution in [3.8, 4) is 5.69 Å². The molecule has 0 radical (unpaired) electrons. The first-order chi connectivity index (χ1) is 15.8. The SMILES string of the molecule is CCOC(=O)c1nn(-c2cccc(C)c2)c(=O)c2c(NC(=O)c3cc(Cl)ccc3Cl)scc12. The minimum Gasteiger partial charge on any atom is -0.461 e. The zero-order valence-corrected chi connectivity index (χ0v) is 19.8. The van der Waals surface area contributed by atoms with Crippen LogP contribution in [0.1, 0.15) is 33.3 Å². The summed E-state index contributed by atoms with van der Waals surface area (Å²) in [5.41, 5.74) is 1.04. The Morgan fingerprint density at radius 1 is 1.18 bits per heavy atom. The molecule has 4 rings (SSSR count). The molecule has 168 valence electrons. The Labute approximate surface area is 202 Å². The van der Waals surface area contributed by atoms with Gasteiger partial charge in [-0.15, -0.1) is 11.3 Å². The average molecular weight is 502 g/mol. The highest BCUT2D eigenvalue weighted by atomic mass is 35.5. The molecule has 0 spiro atoms. The van der Waals surface area contributed by atoms with E-state index >= 15 is 0 Å². The van der Waals surface area contributed by atoms with Crippen molar-refractivity contribution in [1.82, 2.24) is 9.78 Å². The molecule has 2 heterocycles. The first-order valence-electron chi connectivity index (χ1n) is 9.85. The van der Waals surface area contributed by atoms with E-state index in [1.807, 2.05) is 13.0 Å². The van der Waals surface area contributed by atoms with Crippen molar-refractivity contribution in [2.24, 2.45) is 0 Å². The average Bonchev–Trinajstić information content (AvgIpc) is 3.20. The molecular formula is C23H17Cl2N3O4S. The number of benzene rings is 2. The number of nitrogens with one attached hydrogen (secondary N) is 1. The molecule has 2 aromatic heterocycles. The number of halogens is 2. The van der Waals surface area contributed by atoms with Crippen LogP contribution in [0.3, 0.4) is 0 Å². The Balaban J connectivity index is 1.90. The number of aromatic nitrogens is 2. The summed E-state index contributed by atoms with van der Waals surface area (Å²) in [6, 6.07) is 11.7. The number of ether oxygens (including phenoxy) is 1. The van der Waals surface area contributed by atoms with Crippen LogP contribution in [0.5, 0.6) is 0 Å². The van der Waals surface area contributed by atoms with Crippen molar-refractivity contribution in [3.05, 3.63) is 85.1 Å². The normalized spacial score (nSPS) is 10.9. The molecule has 0 aliphatic carbocycles. The number of hydrogen-bond acceptors (Lipinski definition) is 6. The maximum Gasteiger partial charge on any atom is 0.359 e. The lowest BCUT2D eigenvalue weighted by Gasteiger charge is -2.10. The number of carbonyl (C=O) groups excluding carboxylic acids is 2. The number of amides is 1. The topological polar surface area (TPSA) is 90.3 Å². The lowest BCUT2D eigenvalue weighted by molar-refractivity contribution is 0.0520. The lowest BCUT2D eigenvalue weighted by atomic mass is 10.2. The second-order valence-electron chi connectivity index (χ2n) is 7.06. The van der Waals surface area contributed by atoms with Crippen molar-refractivity contribution < 1.29 is 14.3 Å². The van der Waals surface area contributed by atoms with E-state index in [1.165, 1.54) is 12.1 Å². The standard InChI is InChI=1S/C23H17Cl2N3O4S/c1-3-32-23(31)19-16-11-33-21(26-20(29)15-10-13(24)7-8-17(15)25)18(16)22(30)28(27-19)14-6-4-5-12(2)9-14/h4-11H,3H2,1-2H3,(H,26,29). The fraction of sp³-hybridized carbons (Fsp3) is 0.130. The third-order valence-electron chi connectivity index (χ3n) is 4.77. The van der Waals surface area contributed by atoms with Gasteiger partial charge < -0.3 is 10.1 Å². The highest BCUT2D eigenvalue weighted by Crippen LogP contribution is 2.32. The van der Waals surface area contributed by atoms with E-state index in [0.717, 1.165) is 21.6 Å². The molecule has 33 heavy (non-hydrogen) atoms. The number of rotatable bonds is 5. The molecule has 0 saturated heterocycles. The number of hydrogen-bond donors (Lipinski definition) is 1. The predicted molar refractivity (Wildman–Crippen MR) is 130 cm³/mol. The summed E-state index contributed by atoms with van der Waals surface area (Å²) in [4.78, 5) is 39.0. The Bertz CT molecular complexity index is 1460. The molecule has 0 saturated carbocycles. The van der Waals surface area contributed by atoms with E-state index in [4.69, 9.17) is 27.9 Å². The summed E-state index contributed by atoms with van der Waals surface area (Å²) in [6.45, 7) is 3.70. The summed E-state index contributed by atoms with van der Waals surface area (Å²) in [5.74, 6) is -1.21. The number of esters is 1. The quantitative estimate of drug-likeness (QED) is 0.365. The Hall–Kier alpha value is -3.20. The molecule has 0 atom stereocenters. The number of carbonyl (C=O) groups is 2. The second-order valence-corrected chi connectivity index (χ2v) is 8.78. The summed E-state index contributed by atoms with van der Waals surface area (Å²) in [5, 5.41) is 9.85. The predicted octanol–water partition coefficient (Wildman–Crippen LogP) is 5.49. The van der Waals surface area contributed by atoms with Gasteiger partial charge in [-0.25, -0.2) is 4.79 Å². The molecule has 0 unspecified atom stereocenters. The molecule has 1 N–H and O–H groups in total. The third kappa shape index (κ3) is 4.50. The van der Waals surface area contributed by atoms with Gasteiger partial charge >= 0.3 is 5.97 Å². The van der Waals surface area contributed by atoms with Crippen LogP contribution >= 0.6 is 34.5 Å². The van der Waals surface area contributed by atoms with E-state index in [-0.39, 0.29) is 33.3 Å². The van der Waals surface area contributed by atoms with Crippen molar-refractivity contribution in [2.75, 3.05) is 11.9 Å². The van der Waals surface area contributed by atoms with Gasteiger partial charge in [0.05, 0.1) is 28.3 Å². The molecule has 7 nitrogen and oxygen atoms in total. The van der Waals surface area contributed by atoms with Crippen LogP contribution in [-0.4, -0.2) is 28.3 Å². The summed E-state index contributed by atoms with van der Waals surface area (Å²) >= 11 is 13.2. The van der Waals surface area contributed by atoms with Crippen LogP contribution in [0.25, 0.3) is 16.5 Å². The van der Waals surface area contributed by atoms with Gasteiger partial charge in [-0.2, -0.15) is 9.78 Å². The molecule has 0 aliphatic heterocycles. The summed E-state index contributed by atoms with van der Waals surface area (Å²) in [6.07, 6.45) is 0. The fourth-order valence-electron chi connectivity index (χ4n) is 3.27. The molecule has 0 fully saturated rings. The van der Waals surface area contributed by atoms with Gasteiger partial charge in [0, 0.05) is 15.8 Å². The maximum atomic E-state index is 13.5. The third-order valence-corrected chi connectivity index (χ3v) is 6.23. The fourth-order valence-corrected chi connectivity index (χ4v) is 4.58. The smallest absolute Gasteiger partial charge is 0.359 e. The van der Waals surface area contributed by atoms with Crippen molar-refractivity contribution in [2.45, 2.75) is 13.8 Å². The number of aryl methyl sites for hydroxylation is 1. The van der Waals surface area contributed by atoms with Crippen LogP contribution in [0, 0.1) is 6.92 Å². The van der Waals surface area contributed by atoms with Crippen LogP contribution in [0.2, 0.25) is 10.0 Å². The Morgan fingerprint density at radius 3 is 2.70 bits per heavy atom. The lowest BCUT2D eigenvalue weighted by Crippen LogP contribution is -2.25. The number of anilines is 1. The molecule has 0 bridgehead atoms. The summed E-state index contributed by atoms with van der Waals surface area (Å²) < 4.78 is 6.28. The van der Waals surface area contributed by atoms with E-state index in [2.05, 4.69) is 10.4 Å². The van der Waals surface area contributed by atoms with Gasteiger partial charge in [0.2, 0.25) is 0 Å². The first-order valence-corrected chi connectivity index (χ1v) is 11.5. The molecule has 0 aliphatic rings. The zero-order chi connectivity index (χ0) is 23.7. The van der Waals surface area contributed by atoms with E-state index in [9.17, 15) is 14.4 Å². The van der Waals surface area contributed by atoms with E-state index in [0.29, 0.717) is 16.1 Å². The first kappa shape index (κ1) is 23.0. The molecule has 2 aromatic carbocycles.